The van der Waals surface area contributed by atoms with E-state index in [0.29, 0.717) is 45.6 Å². The third-order valence-electron chi connectivity index (χ3n) is 5.31. The van der Waals surface area contributed by atoms with Gasteiger partial charge in [-0.1, -0.05) is 37.1 Å². The Morgan fingerprint density at radius 1 is 0.844 bits per heavy atom. The Kier molecular flexibility index (Phi) is 4.83. The number of hydrogen-bond acceptors (Lipinski definition) is 6. The molecule has 5 aromatic rings. The van der Waals surface area contributed by atoms with E-state index in [1.807, 2.05) is 38.1 Å². The second-order valence-electron chi connectivity index (χ2n) is 7.74. The summed E-state index contributed by atoms with van der Waals surface area (Å²) in [6.45, 7) is 3.96. The number of hydrogen-bond donors (Lipinski definition) is 1. The number of aromatic nitrogens is 2. The van der Waals surface area contributed by atoms with Crippen molar-refractivity contribution in [3.63, 3.8) is 0 Å². The molecule has 7 nitrogen and oxygen atoms in total. The van der Waals surface area contributed by atoms with Crippen LogP contribution in [0.1, 0.15) is 24.5 Å². The van der Waals surface area contributed by atoms with Gasteiger partial charge in [0.1, 0.15) is 11.0 Å². The Hall–Kier alpha value is -3.49. The molecule has 5 rings (SSSR count). The van der Waals surface area contributed by atoms with E-state index in [1.165, 1.54) is 6.07 Å². The predicted octanol–water partition coefficient (Wildman–Crippen LogP) is 5.81. The average Bonchev–Trinajstić information content (AvgIpc) is 3.35. The number of aryl methyl sites for hydroxylation is 2. The van der Waals surface area contributed by atoms with Crippen LogP contribution in [-0.4, -0.2) is 22.9 Å². The molecule has 0 atom stereocenters. The van der Waals surface area contributed by atoms with Crippen LogP contribution in [0.4, 0.5) is 0 Å². The third kappa shape index (κ3) is 3.68. The molecule has 32 heavy (non-hydrogen) atoms. The first kappa shape index (κ1) is 20.4. The third-order valence-corrected chi connectivity index (χ3v) is 6.24. The smallest absolute Gasteiger partial charge is 0.294 e. The largest absolute Gasteiger partial charge is 0.436 e. The van der Waals surface area contributed by atoms with Crippen LogP contribution >= 0.6 is 0 Å². The first-order valence-corrected chi connectivity index (χ1v) is 11.6. The standard InChI is InChI=1S/C24H20N2O5S/c1-3-4-15-9-10-17(11-22(15)32(27,28)29)24-26-19-12-18-20(13-21(19)31-24)30-23(25-18)16-7-5-14(2)6-8-16/h5-13H,3-4H2,1-2H3,(H,27,28,29). The summed E-state index contributed by atoms with van der Waals surface area (Å²) in [5, 5.41) is 0. The quantitative estimate of drug-likeness (QED) is 0.338. The molecule has 0 spiro atoms. The highest BCUT2D eigenvalue weighted by atomic mass is 32.2. The first-order chi connectivity index (χ1) is 15.3. The van der Waals surface area contributed by atoms with Crippen molar-refractivity contribution < 1.29 is 21.8 Å². The summed E-state index contributed by atoms with van der Waals surface area (Å²) in [4.78, 5) is 8.94. The Labute approximate surface area is 184 Å². The summed E-state index contributed by atoms with van der Waals surface area (Å²) in [6.07, 6.45) is 1.29. The molecule has 0 saturated carbocycles. The SMILES string of the molecule is CCCc1ccc(-c2nc3cc4nc(-c5ccc(C)cc5)oc4cc3o2)cc1S(=O)(=O)O. The fraction of sp³-hybridized carbons (Fsp3) is 0.167. The lowest BCUT2D eigenvalue weighted by atomic mass is 10.1. The zero-order valence-electron chi connectivity index (χ0n) is 17.5. The van der Waals surface area contributed by atoms with Crippen molar-refractivity contribution in [1.29, 1.82) is 0 Å². The molecule has 8 heteroatoms. The van der Waals surface area contributed by atoms with Gasteiger partial charge in [0.25, 0.3) is 10.1 Å². The van der Waals surface area contributed by atoms with Gasteiger partial charge in [-0.15, -0.1) is 0 Å². The maximum absolute atomic E-state index is 11.9. The Morgan fingerprint density at radius 2 is 1.44 bits per heavy atom. The lowest BCUT2D eigenvalue weighted by molar-refractivity contribution is 0.482. The molecule has 3 aromatic carbocycles. The molecule has 0 aliphatic rings. The number of rotatable bonds is 5. The highest BCUT2D eigenvalue weighted by molar-refractivity contribution is 7.85. The number of oxazole rings is 2. The summed E-state index contributed by atoms with van der Waals surface area (Å²) in [5.41, 5.74) is 5.31. The molecular formula is C24H20N2O5S. The van der Waals surface area contributed by atoms with E-state index >= 15 is 0 Å². The molecule has 0 fully saturated rings. The van der Waals surface area contributed by atoms with Crippen LogP contribution in [0, 0.1) is 6.92 Å². The van der Waals surface area contributed by atoms with Gasteiger partial charge in [0.15, 0.2) is 11.2 Å². The van der Waals surface area contributed by atoms with E-state index in [0.717, 1.165) is 17.5 Å². The first-order valence-electron chi connectivity index (χ1n) is 10.2. The van der Waals surface area contributed by atoms with Gasteiger partial charge in [0.2, 0.25) is 11.8 Å². The molecule has 162 valence electrons. The topological polar surface area (TPSA) is 106 Å². The maximum Gasteiger partial charge on any atom is 0.294 e. The summed E-state index contributed by atoms with van der Waals surface area (Å²) in [5.74, 6) is 0.761. The maximum atomic E-state index is 11.9. The number of benzene rings is 3. The van der Waals surface area contributed by atoms with E-state index in [2.05, 4.69) is 9.97 Å². The van der Waals surface area contributed by atoms with E-state index in [1.54, 1.807) is 24.3 Å². The van der Waals surface area contributed by atoms with Gasteiger partial charge in [-0.3, -0.25) is 4.55 Å². The van der Waals surface area contributed by atoms with Gasteiger partial charge in [-0.05, 0) is 49.2 Å². The van der Waals surface area contributed by atoms with Crippen molar-refractivity contribution in [1.82, 2.24) is 9.97 Å². The predicted molar refractivity (Wildman–Crippen MR) is 121 cm³/mol. The summed E-state index contributed by atoms with van der Waals surface area (Å²) in [6, 6.07) is 16.2. The van der Waals surface area contributed by atoms with E-state index in [-0.39, 0.29) is 10.8 Å². The molecule has 0 aliphatic heterocycles. The fourth-order valence-electron chi connectivity index (χ4n) is 3.70. The lowest BCUT2D eigenvalue weighted by Crippen LogP contribution is -2.03. The zero-order chi connectivity index (χ0) is 22.5. The Morgan fingerprint density at radius 3 is 2.03 bits per heavy atom. The van der Waals surface area contributed by atoms with Crippen LogP contribution in [0.15, 0.2) is 68.3 Å². The van der Waals surface area contributed by atoms with Crippen molar-refractivity contribution in [2.75, 3.05) is 0 Å². The van der Waals surface area contributed by atoms with Crippen LogP contribution in [0.3, 0.4) is 0 Å². The minimum atomic E-state index is -4.37. The number of nitrogens with zero attached hydrogens (tertiary/aromatic N) is 2. The highest BCUT2D eigenvalue weighted by Gasteiger charge is 2.19. The molecule has 1 N–H and O–H groups in total. The second kappa shape index (κ2) is 7.58. The van der Waals surface area contributed by atoms with Crippen molar-refractivity contribution in [2.45, 2.75) is 31.6 Å². The molecule has 0 aliphatic carbocycles. The van der Waals surface area contributed by atoms with E-state index < -0.39 is 10.1 Å². The summed E-state index contributed by atoms with van der Waals surface area (Å²) in [7, 11) is -4.37. The van der Waals surface area contributed by atoms with Crippen molar-refractivity contribution >= 4 is 32.3 Å². The van der Waals surface area contributed by atoms with Crippen LogP contribution in [0.2, 0.25) is 0 Å². The van der Waals surface area contributed by atoms with Crippen LogP contribution < -0.4 is 0 Å². The minimum Gasteiger partial charge on any atom is -0.436 e. The molecule has 0 radical (unpaired) electrons. The normalized spacial score (nSPS) is 12.1. The molecular weight excluding hydrogens is 428 g/mol. The van der Waals surface area contributed by atoms with Crippen molar-refractivity contribution in [3.8, 4) is 22.9 Å². The van der Waals surface area contributed by atoms with Crippen LogP contribution in [-0.2, 0) is 16.5 Å². The Bertz CT molecular complexity index is 1510. The van der Waals surface area contributed by atoms with Gasteiger partial charge in [-0.25, -0.2) is 9.97 Å². The van der Waals surface area contributed by atoms with Gasteiger partial charge in [0.05, 0.1) is 4.90 Å². The molecule has 0 unspecified atom stereocenters. The van der Waals surface area contributed by atoms with E-state index in [4.69, 9.17) is 8.83 Å². The van der Waals surface area contributed by atoms with E-state index in [9.17, 15) is 13.0 Å². The average molecular weight is 449 g/mol. The van der Waals surface area contributed by atoms with Crippen molar-refractivity contribution in [2.24, 2.45) is 0 Å². The molecule has 0 bridgehead atoms. The summed E-state index contributed by atoms with van der Waals surface area (Å²) >= 11 is 0. The Balaban J connectivity index is 1.57. The summed E-state index contributed by atoms with van der Waals surface area (Å²) < 4.78 is 45.2. The van der Waals surface area contributed by atoms with Crippen LogP contribution in [0.5, 0.6) is 0 Å². The number of fused-ring (bicyclic) bond motifs is 2. The van der Waals surface area contributed by atoms with Crippen LogP contribution in [0.25, 0.3) is 45.1 Å². The minimum absolute atomic E-state index is 0.128. The molecule has 0 saturated heterocycles. The van der Waals surface area contributed by atoms with Gasteiger partial charge >= 0.3 is 0 Å². The molecule has 0 amide bonds. The van der Waals surface area contributed by atoms with Gasteiger partial charge in [-0.2, -0.15) is 8.42 Å². The van der Waals surface area contributed by atoms with Crippen molar-refractivity contribution in [3.05, 3.63) is 65.7 Å². The van der Waals surface area contributed by atoms with Gasteiger partial charge in [0, 0.05) is 17.2 Å². The second-order valence-corrected chi connectivity index (χ2v) is 9.13. The lowest BCUT2D eigenvalue weighted by Gasteiger charge is -2.07. The molecule has 2 heterocycles. The fourth-order valence-corrected chi connectivity index (χ4v) is 4.47. The zero-order valence-corrected chi connectivity index (χ0v) is 18.3. The van der Waals surface area contributed by atoms with Gasteiger partial charge < -0.3 is 8.83 Å². The highest BCUT2D eigenvalue weighted by Crippen LogP contribution is 2.32. The monoisotopic (exact) mass is 448 g/mol. The molecule has 2 aromatic heterocycles.